The number of hydrogen-bond acceptors (Lipinski definition) is 1. The molecule has 0 saturated heterocycles. The first-order valence-electron chi connectivity index (χ1n) is 7.53. The summed E-state index contributed by atoms with van der Waals surface area (Å²) < 4.78 is 37.8. The molecule has 1 N–H and O–H groups in total. The molecule has 0 aromatic heterocycles. The zero-order valence-electron chi connectivity index (χ0n) is 12.1. The van der Waals surface area contributed by atoms with Crippen molar-refractivity contribution in [3.05, 3.63) is 28.8 Å². The van der Waals surface area contributed by atoms with Gasteiger partial charge in [0, 0.05) is 6.04 Å². The smallest absolute Gasteiger partial charge is 0.381 e. The van der Waals surface area contributed by atoms with Crippen LogP contribution < -0.4 is 5.32 Å². The first-order chi connectivity index (χ1) is 9.90. The SMILES string of the molecule is CCC1CCCC(Nc2ccc(C(F)(F)F)cc2Cl)CC1. The third kappa shape index (κ3) is 4.53. The number of hydrogen-bond donors (Lipinski definition) is 1. The van der Waals surface area contributed by atoms with Crippen LogP contribution in [0.2, 0.25) is 5.02 Å². The maximum atomic E-state index is 12.6. The monoisotopic (exact) mass is 319 g/mol. The van der Waals surface area contributed by atoms with Crippen molar-refractivity contribution in [2.24, 2.45) is 5.92 Å². The van der Waals surface area contributed by atoms with E-state index >= 15 is 0 Å². The quantitative estimate of drug-likeness (QED) is 0.661. The normalized spacial score (nSPS) is 23.7. The molecule has 1 fully saturated rings. The zero-order valence-corrected chi connectivity index (χ0v) is 12.9. The molecule has 5 heteroatoms. The Kier molecular flexibility index (Phi) is 5.42. The van der Waals surface area contributed by atoms with Gasteiger partial charge in [0.05, 0.1) is 16.3 Å². The third-order valence-corrected chi connectivity index (χ3v) is 4.63. The van der Waals surface area contributed by atoms with Crippen LogP contribution in [0.25, 0.3) is 0 Å². The van der Waals surface area contributed by atoms with Gasteiger partial charge in [-0.3, -0.25) is 0 Å². The average Bonchev–Trinajstić information content (AvgIpc) is 2.65. The number of alkyl halides is 3. The average molecular weight is 320 g/mol. The number of benzene rings is 1. The molecular weight excluding hydrogens is 299 g/mol. The van der Waals surface area contributed by atoms with Gasteiger partial charge in [0.1, 0.15) is 0 Å². The van der Waals surface area contributed by atoms with E-state index in [4.69, 9.17) is 11.6 Å². The predicted octanol–water partition coefficient (Wildman–Crippen LogP) is 6.13. The number of rotatable bonds is 3. The zero-order chi connectivity index (χ0) is 15.5. The molecule has 1 aliphatic rings. The van der Waals surface area contributed by atoms with Gasteiger partial charge in [0.2, 0.25) is 0 Å². The van der Waals surface area contributed by atoms with Gasteiger partial charge in [-0.15, -0.1) is 0 Å². The third-order valence-electron chi connectivity index (χ3n) is 4.32. The van der Waals surface area contributed by atoms with Crippen molar-refractivity contribution in [3.63, 3.8) is 0 Å². The summed E-state index contributed by atoms with van der Waals surface area (Å²) in [6.45, 7) is 2.21. The summed E-state index contributed by atoms with van der Waals surface area (Å²) in [7, 11) is 0. The van der Waals surface area contributed by atoms with Gasteiger partial charge < -0.3 is 5.32 Å². The molecule has 1 saturated carbocycles. The van der Waals surface area contributed by atoms with Gasteiger partial charge in [0.25, 0.3) is 0 Å². The van der Waals surface area contributed by atoms with Crippen LogP contribution in [0.5, 0.6) is 0 Å². The Hall–Kier alpha value is -0.900. The molecule has 21 heavy (non-hydrogen) atoms. The van der Waals surface area contributed by atoms with Crippen LogP contribution in [-0.4, -0.2) is 6.04 Å². The van der Waals surface area contributed by atoms with Crippen molar-refractivity contribution in [1.82, 2.24) is 0 Å². The van der Waals surface area contributed by atoms with Crippen molar-refractivity contribution in [3.8, 4) is 0 Å². The van der Waals surface area contributed by atoms with Crippen LogP contribution in [0.15, 0.2) is 18.2 Å². The van der Waals surface area contributed by atoms with Gasteiger partial charge in [-0.05, 0) is 43.4 Å². The maximum absolute atomic E-state index is 12.6. The minimum atomic E-state index is -4.35. The molecule has 0 spiro atoms. The number of nitrogens with one attached hydrogen (secondary N) is 1. The van der Waals surface area contributed by atoms with Gasteiger partial charge in [0.15, 0.2) is 0 Å². The van der Waals surface area contributed by atoms with Crippen LogP contribution in [0.1, 0.15) is 51.0 Å². The van der Waals surface area contributed by atoms with E-state index in [0.29, 0.717) is 11.7 Å². The highest BCUT2D eigenvalue weighted by atomic mass is 35.5. The first-order valence-corrected chi connectivity index (χ1v) is 7.91. The molecule has 1 aromatic rings. The molecule has 118 valence electrons. The summed E-state index contributed by atoms with van der Waals surface area (Å²) >= 11 is 5.99. The highest BCUT2D eigenvalue weighted by Gasteiger charge is 2.31. The molecule has 0 heterocycles. The fourth-order valence-electron chi connectivity index (χ4n) is 2.96. The largest absolute Gasteiger partial charge is 0.416 e. The summed E-state index contributed by atoms with van der Waals surface area (Å²) in [4.78, 5) is 0. The summed E-state index contributed by atoms with van der Waals surface area (Å²) in [5.74, 6) is 0.778. The highest BCUT2D eigenvalue weighted by molar-refractivity contribution is 6.33. The summed E-state index contributed by atoms with van der Waals surface area (Å²) in [5.41, 5.74) is -0.102. The second-order valence-electron chi connectivity index (χ2n) is 5.82. The molecule has 0 radical (unpaired) electrons. The Balaban J connectivity index is 2.03. The minimum absolute atomic E-state index is 0.140. The van der Waals surface area contributed by atoms with Crippen LogP contribution in [0.4, 0.5) is 18.9 Å². The van der Waals surface area contributed by atoms with Gasteiger partial charge in [-0.1, -0.05) is 37.8 Å². The Morgan fingerprint density at radius 3 is 2.57 bits per heavy atom. The lowest BCUT2D eigenvalue weighted by molar-refractivity contribution is -0.137. The fourth-order valence-corrected chi connectivity index (χ4v) is 3.19. The fraction of sp³-hybridized carbons (Fsp3) is 0.625. The van der Waals surface area contributed by atoms with E-state index in [1.54, 1.807) is 0 Å². The van der Waals surface area contributed by atoms with Crippen molar-refractivity contribution in [1.29, 1.82) is 0 Å². The molecule has 0 bridgehead atoms. The minimum Gasteiger partial charge on any atom is -0.381 e. The molecule has 0 aliphatic heterocycles. The van der Waals surface area contributed by atoms with Crippen LogP contribution in [-0.2, 0) is 6.18 Å². The first kappa shape index (κ1) is 16.5. The van der Waals surface area contributed by atoms with Crippen LogP contribution in [0, 0.1) is 5.92 Å². The summed E-state index contributed by atoms with van der Waals surface area (Å²) in [6.07, 6.45) is 2.53. The maximum Gasteiger partial charge on any atom is 0.416 e. The van der Waals surface area contributed by atoms with Crippen LogP contribution >= 0.6 is 11.6 Å². The molecule has 2 unspecified atom stereocenters. The lowest BCUT2D eigenvalue weighted by Gasteiger charge is -2.19. The Bertz CT molecular complexity index is 473. The van der Waals surface area contributed by atoms with Crippen molar-refractivity contribution in [2.75, 3.05) is 5.32 Å². The number of anilines is 1. The predicted molar refractivity (Wildman–Crippen MR) is 80.7 cm³/mol. The standard InChI is InChI=1S/C16H21ClF3N/c1-2-11-4-3-5-13(8-6-11)21-15-9-7-12(10-14(15)17)16(18,19)20/h7,9-11,13,21H,2-6,8H2,1H3. The van der Waals surface area contributed by atoms with Gasteiger partial charge >= 0.3 is 6.18 Å². The molecule has 1 nitrogen and oxygen atoms in total. The van der Waals surface area contributed by atoms with Crippen molar-refractivity contribution >= 4 is 17.3 Å². The molecule has 1 aliphatic carbocycles. The molecule has 0 amide bonds. The summed E-state index contributed by atoms with van der Waals surface area (Å²) in [6, 6.07) is 3.82. The van der Waals surface area contributed by atoms with E-state index in [1.165, 1.54) is 25.3 Å². The van der Waals surface area contributed by atoms with E-state index in [9.17, 15) is 13.2 Å². The van der Waals surface area contributed by atoms with Gasteiger partial charge in [-0.2, -0.15) is 13.2 Å². The second kappa shape index (κ2) is 6.91. The topological polar surface area (TPSA) is 12.0 Å². The van der Waals surface area contributed by atoms with Crippen LogP contribution in [0.3, 0.4) is 0 Å². The molecular formula is C16H21ClF3N. The van der Waals surface area contributed by atoms with E-state index in [2.05, 4.69) is 12.2 Å². The van der Waals surface area contributed by atoms with Crippen molar-refractivity contribution in [2.45, 2.75) is 57.7 Å². The second-order valence-corrected chi connectivity index (χ2v) is 6.22. The van der Waals surface area contributed by atoms with E-state index in [-0.39, 0.29) is 5.02 Å². The number of halogens is 4. The highest BCUT2D eigenvalue weighted by Crippen LogP contribution is 2.35. The lowest BCUT2D eigenvalue weighted by Crippen LogP contribution is -2.19. The molecule has 2 rings (SSSR count). The Labute approximate surface area is 128 Å². The van der Waals surface area contributed by atoms with Gasteiger partial charge in [-0.25, -0.2) is 0 Å². The Morgan fingerprint density at radius 2 is 1.95 bits per heavy atom. The van der Waals surface area contributed by atoms with Crippen molar-refractivity contribution < 1.29 is 13.2 Å². The summed E-state index contributed by atoms with van der Waals surface area (Å²) in [5, 5.41) is 3.45. The van der Waals surface area contributed by atoms with E-state index in [0.717, 1.165) is 37.3 Å². The molecule has 2 atom stereocenters. The van der Waals surface area contributed by atoms with E-state index < -0.39 is 11.7 Å². The lowest BCUT2D eigenvalue weighted by atomic mass is 9.98. The molecule has 1 aromatic carbocycles. The Morgan fingerprint density at radius 1 is 1.19 bits per heavy atom. The van der Waals surface area contributed by atoms with E-state index in [1.807, 2.05) is 0 Å².